The fraction of sp³-hybridized carbons (Fsp3) is 0.333. The Morgan fingerprint density at radius 3 is 2.88 bits per heavy atom. The number of pyridine rings is 1. The molecule has 24 heavy (non-hydrogen) atoms. The lowest BCUT2D eigenvalue weighted by Gasteiger charge is -2.26. The summed E-state index contributed by atoms with van der Waals surface area (Å²) in [6, 6.07) is 9.12. The van der Waals surface area contributed by atoms with E-state index in [2.05, 4.69) is 0 Å². The molecule has 0 N–H and O–H groups in total. The molecule has 1 atom stereocenters. The van der Waals surface area contributed by atoms with E-state index in [0.717, 1.165) is 29.9 Å². The van der Waals surface area contributed by atoms with Crippen molar-refractivity contribution < 1.29 is 19.0 Å². The van der Waals surface area contributed by atoms with Gasteiger partial charge in [-0.1, -0.05) is 6.07 Å². The first-order valence-corrected chi connectivity index (χ1v) is 8.12. The van der Waals surface area contributed by atoms with E-state index in [-0.39, 0.29) is 11.9 Å². The number of fused-ring (bicyclic) bond motifs is 1. The molecule has 0 radical (unpaired) electrons. The molecule has 2 aromatic rings. The van der Waals surface area contributed by atoms with E-state index >= 15 is 0 Å². The van der Waals surface area contributed by atoms with Crippen molar-refractivity contribution in [2.75, 3.05) is 19.8 Å². The third kappa shape index (κ3) is 2.64. The number of aromatic nitrogens is 1. The maximum Gasteiger partial charge on any atom is 0.260 e. The third-order valence-corrected chi connectivity index (χ3v) is 4.49. The van der Waals surface area contributed by atoms with Crippen LogP contribution in [0.1, 0.15) is 34.8 Å². The average molecular weight is 326 g/mol. The maximum atomic E-state index is 12.8. The molecule has 1 aromatic carbocycles. The van der Waals surface area contributed by atoms with Crippen molar-refractivity contribution >= 4 is 5.91 Å². The molecule has 0 aliphatic carbocycles. The van der Waals surface area contributed by atoms with E-state index < -0.39 is 0 Å². The van der Waals surface area contributed by atoms with Gasteiger partial charge in [-0.25, -0.2) is 0 Å². The zero-order valence-corrected chi connectivity index (χ0v) is 13.2. The van der Waals surface area contributed by atoms with Crippen LogP contribution in [0.3, 0.4) is 0 Å². The minimum atomic E-state index is -0.113. The van der Waals surface area contributed by atoms with Crippen molar-refractivity contribution in [2.45, 2.75) is 18.9 Å². The van der Waals surface area contributed by atoms with Gasteiger partial charge in [0.25, 0.3) is 5.91 Å². The molecule has 1 unspecified atom stereocenters. The Labute approximate surface area is 139 Å². The zero-order chi connectivity index (χ0) is 16.5. The normalized spacial score (nSPS) is 19.3. The van der Waals surface area contributed by atoms with Gasteiger partial charge in [0.05, 0.1) is 6.04 Å². The minimum absolute atomic E-state index is 0.00589. The molecule has 6 nitrogen and oxygen atoms in total. The number of likely N-dealkylation sites (tertiary alicyclic amines) is 1. The van der Waals surface area contributed by atoms with E-state index in [0.29, 0.717) is 30.1 Å². The van der Waals surface area contributed by atoms with Gasteiger partial charge >= 0.3 is 0 Å². The lowest BCUT2D eigenvalue weighted by atomic mass is 10.0. The van der Waals surface area contributed by atoms with E-state index in [9.17, 15) is 10.0 Å². The Bertz CT molecular complexity index is 777. The second-order valence-electron chi connectivity index (χ2n) is 6.01. The first kappa shape index (κ1) is 14.8. The van der Waals surface area contributed by atoms with Crippen LogP contribution in [-0.2, 0) is 0 Å². The highest BCUT2D eigenvalue weighted by molar-refractivity contribution is 5.94. The van der Waals surface area contributed by atoms with E-state index in [1.54, 1.807) is 12.1 Å². The van der Waals surface area contributed by atoms with Crippen molar-refractivity contribution in [1.29, 1.82) is 0 Å². The third-order valence-electron chi connectivity index (χ3n) is 4.49. The van der Waals surface area contributed by atoms with Gasteiger partial charge in [-0.3, -0.25) is 4.79 Å². The Morgan fingerprint density at radius 1 is 1.21 bits per heavy atom. The number of carbonyl (C=O) groups is 1. The van der Waals surface area contributed by atoms with E-state index in [4.69, 9.17) is 9.47 Å². The predicted octanol–water partition coefficient (Wildman–Crippen LogP) is 2.07. The van der Waals surface area contributed by atoms with Gasteiger partial charge in [0, 0.05) is 12.6 Å². The van der Waals surface area contributed by atoms with Crippen molar-refractivity contribution in [1.82, 2.24) is 4.90 Å². The van der Waals surface area contributed by atoms with Gasteiger partial charge in [-0.05, 0) is 36.6 Å². The van der Waals surface area contributed by atoms with Crippen molar-refractivity contribution in [3.63, 3.8) is 0 Å². The molecular weight excluding hydrogens is 308 g/mol. The summed E-state index contributed by atoms with van der Waals surface area (Å²) in [7, 11) is 0. The summed E-state index contributed by atoms with van der Waals surface area (Å²) in [5.74, 6) is 1.36. The van der Waals surface area contributed by atoms with Crippen LogP contribution in [0.2, 0.25) is 0 Å². The molecule has 3 heterocycles. The van der Waals surface area contributed by atoms with Gasteiger partial charge in [-0.15, -0.1) is 0 Å². The topological polar surface area (TPSA) is 65.7 Å². The second kappa shape index (κ2) is 6.03. The highest BCUT2D eigenvalue weighted by Crippen LogP contribution is 2.38. The SMILES string of the molecule is O=C(c1ccc[n+]([O-])c1)N1CCCC1c1ccc2c(c1)OCCO2. The molecule has 1 saturated heterocycles. The number of amides is 1. The van der Waals surface area contributed by atoms with Gasteiger partial charge in [0.2, 0.25) is 0 Å². The van der Waals surface area contributed by atoms with E-state index in [1.165, 1.54) is 12.4 Å². The van der Waals surface area contributed by atoms with Crippen LogP contribution in [-0.4, -0.2) is 30.6 Å². The lowest BCUT2D eigenvalue weighted by Crippen LogP contribution is -2.33. The fourth-order valence-corrected chi connectivity index (χ4v) is 3.37. The Balaban J connectivity index is 1.62. The van der Waals surface area contributed by atoms with E-state index in [1.807, 2.05) is 23.1 Å². The number of nitrogens with zero attached hydrogens (tertiary/aromatic N) is 2. The summed E-state index contributed by atoms with van der Waals surface area (Å²) in [5.41, 5.74) is 1.45. The number of carbonyl (C=O) groups excluding carboxylic acids is 1. The highest BCUT2D eigenvalue weighted by Gasteiger charge is 2.32. The van der Waals surface area contributed by atoms with Crippen LogP contribution < -0.4 is 14.2 Å². The number of benzene rings is 1. The highest BCUT2D eigenvalue weighted by atomic mass is 16.6. The monoisotopic (exact) mass is 326 g/mol. The van der Waals surface area contributed by atoms with Crippen LogP contribution in [0.4, 0.5) is 0 Å². The van der Waals surface area contributed by atoms with Crippen LogP contribution in [0.15, 0.2) is 42.7 Å². The van der Waals surface area contributed by atoms with Crippen molar-refractivity contribution in [3.8, 4) is 11.5 Å². The Kier molecular flexibility index (Phi) is 3.72. The van der Waals surface area contributed by atoms with Gasteiger partial charge in [-0.2, -0.15) is 4.73 Å². The van der Waals surface area contributed by atoms with Crippen LogP contribution in [0.5, 0.6) is 11.5 Å². The Morgan fingerprint density at radius 2 is 2.04 bits per heavy atom. The maximum absolute atomic E-state index is 12.8. The molecular formula is C18H18N2O4. The number of ether oxygens (including phenoxy) is 2. The smallest absolute Gasteiger partial charge is 0.260 e. The summed E-state index contributed by atoms with van der Waals surface area (Å²) < 4.78 is 11.9. The zero-order valence-electron chi connectivity index (χ0n) is 13.2. The molecule has 1 amide bonds. The molecule has 0 spiro atoms. The molecule has 4 rings (SSSR count). The molecule has 1 fully saturated rings. The lowest BCUT2D eigenvalue weighted by molar-refractivity contribution is -0.605. The molecule has 2 aliphatic rings. The summed E-state index contributed by atoms with van der Waals surface area (Å²) in [4.78, 5) is 14.6. The standard InChI is InChI=1S/C18H18N2O4/c21-18(14-3-1-7-19(22)12-14)20-8-2-4-15(20)13-5-6-16-17(11-13)24-10-9-23-16/h1,3,5-7,11-12,15H,2,4,8-10H2. The first-order valence-electron chi connectivity index (χ1n) is 8.12. The minimum Gasteiger partial charge on any atom is -0.619 e. The molecule has 6 heteroatoms. The van der Waals surface area contributed by atoms with Crippen LogP contribution in [0, 0.1) is 5.21 Å². The molecule has 2 aliphatic heterocycles. The van der Waals surface area contributed by atoms with Crippen molar-refractivity contribution in [3.05, 3.63) is 59.1 Å². The first-order chi connectivity index (χ1) is 11.7. The summed E-state index contributed by atoms with van der Waals surface area (Å²) in [6.45, 7) is 1.78. The van der Waals surface area contributed by atoms with Gasteiger partial charge in [0.1, 0.15) is 18.8 Å². The molecule has 0 bridgehead atoms. The fourth-order valence-electron chi connectivity index (χ4n) is 3.37. The second-order valence-corrected chi connectivity index (χ2v) is 6.01. The van der Waals surface area contributed by atoms with Gasteiger partial charge < -0.3 is 19.6 Å². The number of hydrogen-bond acceptors (Lipinski definition) is 4. The summed E-state index contributed by atoms with van der Waals surface area (Å²) in [5, 5.41) is 11.4. The molecule has 124 valence electrons. The average Bonchev–Trinajstić information content (AvgIpc) is 3.10. The number of rotatable bonds is 2. The Hall–Kier alpha value is -2.76. The van der Waals surface area contributed by atoms with Crippen LogP contribution in [0.25, 0.3) is 0 Å². The molecule has 1 aromatic heterocycles. The number of hydrogen-bond donors (Lipinski definition) is 0. The quantitative estimate of drug-likeness (QED) is 0.626. The molecule has 0 saturated carbocycles. The summed E-state index contributed by atoms with van der Waals surface area (Å²) in [6.07, 6.45) is 4.53. The van der Waals surface area contributed by atoms with Gasteiger partial charge in [0.15, 0.2) is 23.9 Å². The van der Waals surface area contributed by atoms with Crippen LogP contribution >= 0.6 is 0 Å². The largest absolute Gasteiger partial charge is 0.619 e. The van der Waals surface area contributed by atoms with Crippen molar-refractivity contribution in [2.24, 2.45) is 0 Å². The summed E-state index contributed by atoms with van der Waals surface area (Å²) >= 11 is 0. The predicted molar refractivity (Wildman–Crippen MR) is 85.8 cm³/mol.